The van der Waals surface area contributed by atoms with Crippen LogP contribution in [0.4, 0.5) is 0 Å². The number of fused-ring (bicyclic) bond motifs is 1. The third-order valence-corrected chi connectivity index (χ3v) is 4.97. The number of hydrogen-bond acceptors (Lipinski definition) is 2. The Morgan fingerprint density at radius 2 is 1.62 bits per heavy atom. The van der Waals surface area contributed by atoms with E-state index in [0.717, 1.165) is 16.5 Å². The fourth-order valence-corrected chi connectivity index (χ4v) is 3.44. The average molecular weight is 294 g/mol. The van der Waals surface area contributed by atoms with E-state index in [9.17, 15) is 5.11 Å². The summed E-state index contributed by atoms with van der Waals surface area (Å²) in [5.74, 6) is 1.29. The Hall–Kier alpha value is -1.93. The highest BCUT2D eigenvalue weighted by atomic mass is 32.2. The zero-order valence-electron chi connectivity index (χ0n) is 12.3. The maximum absolute atomic E-state index is 9.94. The largest absolute Gasteiger partial charge is 0.507 e. The highest BCUT2D eigenvalue weighted by Crippen LogP contribution is 2.34. The molecule has 0 aliphatic rings. The Balaban J connectivity index is 1.88. The van der Waals surface area contributed by atoms with Gasteiger partial charge in [0.05, 0.1) is 0 Å². The second-order valence-electron chi connectivity index (χ2n) is 5.34. The Bertz CT molecular complexity index is 793. The molecule has 21 heavy (non-hydrogen) atoms. The van der Waals surface area contributed by atoms with Gasteiger partial charge in [0.15, 0.2) is 0 Å². The second kappa shape index (κ2) is 5.82. The van der Waals surface area contributed by atoms with Crippen molar-refractivity contribution in [2.45, 2.75) is 24.5 Å². The molecule has 0 saturated carbocycles. The number of hydrogen-bond donors (Lipinski definition) is 1. The van der Waals surface area contributed by atoms with Crippen molar-refractivity contribution in [2.75, 3.05) is 0 Å². The minimum absolute atomic E-state index is 0.348. The molecule has 0 heterocycles. The Kier molecular flexibility index (Phi) is 3.89. The van der Waals surface area contributed by atoms with Crippen LogP contribution in [0.3, 0.4) is 0 Å². The molecule has 0 bridgehead atoms. The predicted octanol–water partition coefficient (Wildman–Crippen LogP) is 5.45. The summed E-state index contributed by atoms with van der Waals surface area (Å²) >= 11 is 1.82. The molecule has 0 aliphatic carbocycles. The number of rotatable bonds is 3. The molecule has 0 spiro atoms. The molecule has 0 unspecified atom stereocenters. The van der Waals surface area contributed by atoms with Crippen molar-refractivity contribution in [1.82, 2.24) is 0 Å². The standard InChI is InChI=1S/C19H18OS/c1-13-7-8-15(11-14(13)2)12-21-19-10-9-18(20)16-5-3-4-6-17(16)19/h3-11,20H,12H2,1-2H3. The average Bonchev–Trinajstić information content (AvgIpc) is 2.50. The van der Waals surface area contributed by atoms with Crippen molar-refractivity contribution in [3.8, 4) is 5.75 Å². The Labute approximate surface area is 129 Å². The Morgan fingerprint density at radius 3 is 2.38 bits per heavy atom. The zero-order chi connectivity index (χ0) is 14.8. The minimum atomic E-state index is 0.348. The van der Waals surface area contributed by atoms with Crippen molar-refractivity contribution in [3.63, 3.8) is 0 Å². The van der Waals surface area contributed by atoms with Crippen LogP contribution >= 0.6 is 11.8 Å². The highest BCUT2D eigenvalue weighted by molar-refractivity contribution is 7.98. The summed E-state index contributed by atoms with van der Waals surface area (Å²) in [5, 5.41) is 12.0. The van der Waals surface area contributed by atoms with E-state index in [1.165, 1.54) is 21.6 Å². The van der Waals surface area contributed by atoms with Crippen molar-refractivity contribution < 1.29 is 5.11 Å². The molecule has 0 aromatic heterocycles. The van der Waals surface area contributed by atoms with E-state index in [2.05, 4.69) is 38.1 Å². The van der Waals surface area contributed by atoms with Gasteiger partial charge in [-0.2, -0.15) is 0 Å². The van der Waals surface area contributed by atoms with E-state index in [0.29, 0.717) is 5.75 Å². The van der Waals surface area contributed by atoms with E-state index in [4.69, 9.17) is 0 Å². The summed E-state index contributed by atoms with van der Waals surface area (Å²) in [6.45, 7) is 4.29. The zero-order valence-corrected chi connectivity index (χ0v) is 13.1. The maximum atomic E-state index is 9.94. The smallest absolute Gasteiger partial charge is 0.123 e. The first kappa shape index (κ1) is 14.0. The van der Waals surface area contributed by atoms with Gasteiger partial charge < -0.3 is 5.11 Å². The molecule has 1 nitrogen and oxygen atoms in total. The summed E-state index contributed by atoms with van der Waals surface area (Å²) in [6, 6.07) is 18.4. The summed E-state index contributed by atoms with van der Waals surface area (Å²) in [5.41, 5.74) is 4.00. The monoisotopic (exact) mass is 294 g/mol. The molecule has 106 valence electrons. The summed E-state index contributed by atoms with van der Waals surface area (Å²) < 4.78 is 0. The van der Waals surface area contributed by atoms with Gasteiger partial charge in [-0.05, 0) is 48.1 Å². The van der Waals surface area contributed by atoms with Crippen LogP contribution in [0.25, 0.3) is 10.8 Å². The first-order valence-electron chi connectivity index (χ1n) is 7.05. The van der Waals surface area contributed by atoms with Gasteiger partial charge in [0, 0.05) is 16.0 Å². The number of phenols is 1. The van der Waals surface area contributed by atoms with Crippen LogP contribution in [0.5, 0.6) is 5.75 Å². The van der Waals surface area contributed by atoms with Gasteiger partial charge in [-0.25, -0.2) is 0 Å². The van der Waals surface area contributed by atoms with E-state index in [1.807, 2.05) is 36.0 Å². The number of thioether (sulfide) groups is 1. The van der Waals surface area contributed by atoms with Gasteiger partial charge in [0.25, 0.3) is 0 Å². The molecule has 3 rings (SSSR count). The predicted molar refractivity (Wildman–Crippen MR) is 91.1 cm³/mol. The summed E-state index contributed by atoms with van der Waals surface area (Å²) in [6.07, 6.45) is 0. The van der Waals surface area contributed by atoms with Gasteiger partial charge in [0.1, 0.15) is 5.75 Å². The summed E-state index contributed by atoms with van der Waals surface area (Å²) in [7, 11) is 0. The Morgan fingerprint density at radius 1 is 0.857 bits per heavy atom. The molecule has 2 heteroatoms. The topological polar surface area (TPSA) is 20.2 Å². The lowest BCUT2D eigenvalue weighted by molar-refractivity contribution is 0.481. The second-order valence-corrected chi connectivity index (χ2v) is 6.35. The third-order valence-electron chi connectivity index (χ3n) is 3.83. The first-order chi connectivity index (χ1) is 10.1. The van der Waals surface area contributed by atoms with Crippen LogP contribution in [0.2, 0.25) is 0 Å². The van der Waals surface area contributed by atoms with E-state index in [-0.39, 0.29) is 0 Å². The van der Waals surface area contributed by atoms with Crippen LogP contribution in [0.1, 0.15) is 16.7 Å². The SMILES string of the molecule is Cc1ccc(CSc2ccc(O)c3ccccc23)cc1C. The van der Waals surface area contributed by atoms with Gasteiger partial charge in [-0.3, -0.25) is 0 Å². The quantitative estimate of drug-likeness (QED) is 0.648. The lowest BCUT2D eigenvalue weighted by Crippen LogP contribution is -1.86. The highest BCUT2D eigenvalue weighted by Gasteiger charge is 2.06. The molecule has 1 N–H and O–H groups in total. The van der Waals surface area contributed by atoms with E-state index in [1.54, 1.807) is 6.07 Å². The molecule has 0 fully saturated rings. The van der Waals surface area contributed by atoms with Crippen molar-refractivity contribution in [2.24, 2.45) is 0 Å². The molecule has 0 atom stereocenters. The molecule has 3 aromatic rings. The van der Waals surface area contributed by atoms with Crippen molar-refractivity contribution in [1.29, 1.82) is 0 Å². The fraction of sp³-hybridized carbons (Fsp3) is 0.158. The van der Waals surface area contributed by atoms with Crippen molar-refractivity contribution in [3.05, 3.63) is 71.3 Å². The van der Waals surface area contributed by atoms with Crippen LogP contribution in [-0.2, 0) is 5.75 Å². The molecule has 3 aromatic carbocycles. The van der Waals surface area contributed by atoms with Crippen LogP contribution in [0, 0.1) is 13.8 Å². The lowest BCUT2D eigenvalue weighted by Gasteiger charge is -2.09. The third kappa shape index (κ3) is 2.91. The van der Waals surface area contributed by atoms with E-state index < -0.39 is 0 Å². The molecule has 0 aliphatic heterocycles. The van der Waals surface area contributed by atoms with Crippen LogP contribution < -0.4 is 0 Å². The normalized spacial score (nSPS) is 11.0. The van der Waals surface area contributed by atoms with Crippen molar-refractivity contribution >= 4 is 22.5 Å². The number of benzene rings is 3. The molecule has 0 amide bonds. The van der Waals surface area contributed by atoms with E-state index >= 15 is 0 Å². The minimum Gasteiger partial charge on any atom is -0.507 e. The number of aryl methyl sites for hydroxylation is 2. The maximum Gasteiger partial charge on any atom is 0.123 e. The van der Waals surface area contributed by atoms with Crippen LogP contribution in [-0.4, -0.2) is 5.11 Å². The molecular weight excluding hydrogens is 276 g/mol. The van der Waals surface area contributed by atoms with Gasteiger partial charge >= 0.3 is 0 Å². The molecule has 0 saturated heterocycles. The van der Waals surface area contributed by atoms with Gasteiger partial charge in [-0.15, -0.1) is 11.8 Å². The number of phenolic OH excluding ortho intramolecular Hbond substituents is 1. The first-order valence-corrected chi connectivity index (χ1v) is 8.03. The molecule has 0 radical (unpaired) electrons. The molecular formula is C19H18OS. The fourth-order valence-electron chi connectivity index (χ4n) is 2.44. The number of aromatic hydroxyl groups is 1. The summed E-state index contributed by atoms with van der Waals surface area (Å²) in [4.78, 5) is 1.21. The lowest BCUT2D eigenvalue weighted by atomic mass is 10.1. The van der Waals surface area contributed by atoms with Crippen LogP contribution in [0.15, 0.2) is 59.5 Å². The van der Waals surface area contributed by atoms with Gasteiger partial charge in [-0.1, -0.05) is 42.5 Å². The van der Waals surface area contributed by atoms with Gasteiger partial charge in [0.2, 0.25) is 0 Å².